The van der Waals surface area contributed by atoms with Crippen LogP contribution in [0, 0.1) is 5.92 Å². The van der Waals surface area contributed by atoms with Crippen LogP contribution < -0.4 is 10.5 Å². The summed E-state index contributed by atoms with van der Waals surface area (Å²) in [7, 11) is -2.31. The number of nitrogens with two attached hydrogens (primary N) is 1. The van der Waals surface area contributed by atoms with Crippen LogP contribution in [0.3, 0.4) is 0 Å². The van der Waals surface area contributed by atoms with Crippen molar-refractivity contribution in [1.29, 1.82) is 0 Å². The SMILES string of the molecule is COc1ccc(S(=O)(=O)N(CC(O)CN2C(=O)C(N)C[C@@H]2Cc2ccccc2)CC2CCCC2)cc1. The number of rotatable bonds is 11. The molecule has 1 amide bonds. The highest BCUT2D eigenvalue weighted by molar-refractivity contribution is 7.89. The number of ether oxygens (including phenoxy) is 1. The summed E-state index contributed by atoms with van der Waals surface area (Å²) in [6.45, 7) is 0.317. The lowest BCUT2D eigenvalue weighted by Crippen LogP contribution is -2.47. The Labute approximate surface area is 214 Å². The molecule has 2 unspecified atom stereocenters. The Morgan fingerprint density at radius 2 is 1.78 bits per heavy atom. The summed E-state index contributed by atoms with van der Waals surface area (Å²) >= 11 is 0. The van der Waals surface area contributed by atoms with Crippen LogP contribution in [0.1, 0.15) is 37.7 Å². The highest BCUT2D eigenvalue weighted by atomic mass is 32.2. The summed E-state index contributed by atoms with van der Waals surface area (Å²) in [5.74, 6) is 0.637. The quantitative estimate of drug-likeness (QED) is 0.475. The fraction of sp³-hybridized carbons (Fsp3) is 0.519. The van der Waals surface area contributed by atoms with Crippen LogP contribution in [0.25, 0.3) is 0 Å². The zero-order valence-electron chi connectivity index (χ0n) is 20.8. The predicted octanol–water partition coefficient (Wildman–Crippen LogP) is 2.41. The van der Waals surface area contributed by atoms with Crippen LogP contribution in [0.2, 0.25) is 0 Å². The smallest absolute Gasteiger partial charge is 0.243 e. The van der Waals surface area contributed by atoms with Crippen molar-refractivity contribution in [2.24, 2.45) is 11.7 Å². The van der Waals surface area contributed by atoms with Crippen LogP contribution in [0.15, 0.2) is 59.5 Å². The Kier molecular flexibility index (Phi) is 8.66. The minimum absolute atomic E-state index is 0.0450. The number of benzene rings is 2. The maximum absolute atomic E-state index is 13.6. The number of sulfonamides is 1. The van der Waals surface area contributed by atoms with Gasteiger partial charge < -0.3 is 20.5 Å². The second-order valence-corrected chi connectivity index (χ2v) is 11.9. The summed E-state index contributed by atoms with van der Waals surface area (Å²) in [5.41, 5.74) is 7.17. The van der Waals surface area contributed by atoms with Crippen molar-refractivity contribution in [3.63, 3.8) is 0 Å². The van der Waals surface area contributed by atoms with Gasteiger partial charge in [-0.05, 0) is 61.4 Å². The first-order chi connectivity index (χ1) is 17.3. The summed E-state index contributed by atoms with van der Waals surface area (Å²) in [4.78, 5) is 14.6. The van der Waals surface area contributed by atoms with Gasteiger partial charge in [-0.2, -0.15) is 4.31 Å². The lowest BCUT2D eigenvalue weighted by molar-refractivity contribution is -0.131. The van der Waals surface area contributed by atoms with Gasteiger partial charge in [0.25, 0.3) is 0 Å². The van der Waals surface area contributed by atoms with Crippen molar-refractivity contribution in [3.8, 4) is 5.75 Å². The van der Waals surface area contributed by atoms with Crippen molar-refractivity contribution in [3.05, 3.63) is 60.2 Å². The molecule has 1 heterocycles. The average molecular weight is 516 g/mol. The van der Waals surface area contributed by atoms with Crippen LogP contribution in [0.4, 0.5) is 0 Å². The highest BCUT2D eigenvalue weighted by Gasteiger charge is 2.39. The molecule has 2 fully saturated rings. The van der Waals surface area contributed by atoms with Crippen molar-refractivity contribution in [2.45, 2.75) is 61.6 Å². The summed E-state index contributed by atoms with van der Waals surface area (Å²) < 4.78 is 33.7. The Hall–Kier alpha value is -2.46. The van der Waals surface area contributed by atoms with Crippen LogP contribution >= 0.6 is 0 Å². The first-order valence-corrected chi connectivity index (χ1v) is 14.1. The van der Waals surface area contributed by atoms with Crippen LogP contribution in [0.5, 0.6) is 5.75 Å². The molecule has 36 heavy (non-hydrogen) atoms. The zero-order valence-corrected chi connectivity index (χ0v) is 21.6. The van der Waals surface area contributed by atoms with Crippen LogP contribution in [-0.4, -0.2) is 73.6 Å². The minimum atomic E-state index is -3.84. The van der Waals surface area contributed by atoms with Gasteiger partial charge in [0, 0.05) is 25.7 Å². The van der Waals surface area contributed by atoms with E-state index in [1.165, 1.54) is 23.5 Å². The number of aliphatic hydroxyl groups is 1. The molecule has 1 aliphatic heterocycles. The number of hydrogen-bond acceptors (Lipinski definition) is 6. The molecule has 8 nitrogen and oxygen atoms in total. The lowest BCUT2D eigenvalue weighted by Gasteiger charge is -2.31. The number of carbonyl (C=O) groups excluding carboxylic acids is 1. The van der Waals surface area contributed by atoms with E-state index in [2.05, 4.69) is 0 Å². The molecule has 0 bridgehead atoms. The highest BCUT2D eigenvalue weighted by Crippen LogP contribution is 2.29. The number of nitrogens with zero attached hydrogens (tertiary/aromatic N) is 2. The maximum atomic E-state index is 13.6. The molecule has 0 radical (unpaired) electrons. The molecule has 2 aliphatic rings. The fourth-order valence-electron chi connectivity index (χ4n) is 5.40. The molecule has 0 spiro atoms. The van der Waals surface area contributed by atoms with Gasteiger partial charge >= 0.3 is 0 Å². The molecule has 4 rings (SSSR count). The largest absolute Gasteiger partial charge is 0.497 e. The Morgan fingerprint density at radius 3 is 2.42 bits per heavy atom. The van der Waals surface area contributed by atoms with E-state index in [0.29, 0.717) is 25.1 Å². The third-order valence-electron chi connectivity index (χ3n) is 7.34. The van der Waals surface area contributed by atoms with E-state index >= 15 is 0 Å². The van der Waals surface area contributed by atoms with Crippen molar-refractivity contribution in [2.75, 3.05) is 26.7 Å². The molecule has 1 saturated carbocycles. The van der Waals surface area contributed by atoms with Gasteiger partial charge in [0.2, 0.25) is 15.9 Å². The van der Waals surface area contributed by atoms with Crippen LogP contribution in [-0.2, 0) is 21.2 Å². The van der Waals surface area contributed by atoms with Gasteiger partial charge in [0.05, 0.1) is 24.2 Å². The Morgan fingerprint density at radius 1 is 1.11 bits per heavy atom. The monoisotopic (exact) mass is 515 g/mol. The van der Waals surface area contributed by atoms with Gasteiger partial charge in [-0.15, -0.1) is 0 Å². The summed E-state index contributed by atoms with van der Waals surface area (Å²) in [6.07, 6.45) is 4.24. The molecule has 196 valence electrons. The molecule has 2 aromatic rings. The molecular formula is C27H37N3O5S. The second-order valence-electron chi connectivity index (χ2n) is 9.98. The lowest BCUT2D eigenvalue weighted by atomic mass is 10.0. The second kappa shape index (κ2) is 11.7. The standard InChI is InChI=1S/C27H37N3O5S/c1-35-24-11-13-25(14-12-24)36(33,34)29(17-21-9-5-6-10-21)18-23(31)19-30-22(16-26(28)27(30)32)15-20-7-3-2-4-8-20/h2-4,7-8,11-14,21-23,26,31H,5-6,9-10,15-19,28H2,1H3/t22-,23?,26?/m0/s1. The molecular weight excluding hydrogens is 478 g/mol. The van der Waals surface area contributed by atoms with E-state index in [4.69, 9.17) is 10.5 Å². The van der Waals surface area contributed by atoms with Gasteiger partial charge in [0.15, 0.2) is 0 Å². The Bertz CT molecular complexity index is 1100. The number of hydrogen-bond donors (Lipinski definition) is 2. The van der Waals surface area contributed by atoms with E-state index in [1.54, 1.807) is 17.0 Å². The first kappa shape index (κ1) is 26.6. The van der Waals surface area contributed by atoms with Crippen molar-refractivity contribution >= 4 is 15.9 Å². The number of likely N-dealkylation sites (tertiary alicyclic amines) is 1. The minimum Gasteiger partial charge on any atom is -0.497 e. The maximum Gasteiger partial charge on any atom is 0.243 e. The number of aliphatic hydroxyl groups excluding tert-OH is 1. The zero-order chi connectivity index (χ0) is 25.7. The van der Waals surface area contributed by atoms with E-state index in [1.807, 2.05) is 30.3 Å². The molecule has 1 aliphatic carbocycles. The molecule has 2 aromatic carbocycles. The molecule has 3 atom stereocenters. The molecule has 1 saturated heterocycles. The molecule has 0 aromatic heterocycles. The van der Waals surface area contributed by atoms with E-state index in [0.717, 1.165) is 31.2 Å². The van der Waals surface area contributed by atoms with Gasteiger partial charge in [0.1, 0.15) is 5.75 Å². The molecule has 3 N–H and O–H groups in total. The van der Waals surface area contributed by atoms with Gasteiger partial charge in [-0.3, -0.25) is 4.79 Å². The van der Waals surface area contributed by atoms with Gasteiger partial charge in [-0.1, -0.05) is 43.2 Å². The number of methoxy groups -OCH3 is 1. The fourth-order valence-corrected chi connectivity index (χ4v) is 6.95. The van der Waals surface area contributed by atoms with Gasteiger partial charge in [-0.25, -0.2) is 8.42 Å². The normalized spacial score (nSPS) is 21.9. The average Bonchev–Trinajstić information content (AvgIpc) is 3.48. The number of carbonyl (C=O) groups is 1. The topological polar surface area (TPSA) is 113 Å². The first-order valence-electron chi connectivity index (χ1n) is 12.7. The van der Waals surface area contributed by atoms with E-state index in [-0.39, 0.29) is 35.9 Å². The number of amides is 1. The third kappa shape index (κ3) is 6.26. The van der Waals surface area contributed by atoms with Crippen molar-refractivity contribution in [1.82, 2.24) is 9.21 Å². The third-order valence-corrected chi connectivity index (χ3v) is 9.18. The summed E-state index contributed by atoms with van der Waals surface area (Å²) in [5, 5.41) is 11.1. The van der Waals surface area contributed by atoms with E-state index < -0.39 is 22.2 Å². The van der Waals surface area contributed by atoms with E-state index in [9.17, 15) is 18.3 Å². The summed E-state index contributed by atoms with van der Waals surface area (Å²) in [6, 6.07) is 15.4. The predicted molar refractivity (Wildman–Crippen MR) is 138 cm³/mol. The number of β-amino-alcohol motifs (C(OH)–C–C–N with tert-alkyl or cyclic N) is 1. The van der Waals surface area contributed by atoms with Crippen molar-refractivity contribution < 1.29 is 23.1 Å². The Balaban J connectivity index is 1.50. The molecule has 9 heteroatoms.